The molecule has 0 rings (SSSR count). The minimum atomic E-state index is -0.794. The van der Waals surface area contributed by atoms with Crippen LogP contribution in [-0.4, -0.2) is 37.2 Å². The molecule has 0 aromatic carbocycles. The number of carbonyl (C=O) groups excluding carboxylic acids is 3. The zero-order chi connectivity index (χ0) is 49.3. The zero-order valence-corrected chi connectivity index (χ0v) is 44.9. The number of ether oxygens (including phenoxy) is 3. The molecule has 1 unspecified atom stereocenters. The van der Waals surface area contributed by atoms with Gasteiger partial charge in [0.2, 0.25) is 0 Å². The molecule has 392 valence electrons. The Morgan fingerprint density at radius 3 is 0.926 bits per heavy atom. The van der Waals surface area contributed by atoms with Crippen LogP contribution in [-0.2, 0) is 28.6 Å². The molecule has 0 aliphatic rings. The smallest absolute Gasteiger partial charge is 0.306 e. The summed E-state index contributed by atoms with van der Waals surface area (Å²) in [7, 11) is 0. The highest BCUT2D eigenvalue weighted by Gasteiger charge is 2.19. The monoisotopic (exact) mass is 949 g/mol. The number of unbranched alkanes of at least 4 members (excludes halogenated alkanes) is 29. The molecular weight excluding hydrogens is 841 g/mol. The minimum absolute atomic E-state index is 0.0918. The summed E-state index contributed by atoms with van der Waals surface area (Å²) in [5.41, 5.74) is 0. The first-order valence-corrected chi connectivity index (χ1v) is 28.9. The molecule has 0 amide bonds. The lowest BCUT2D eigenvalue weighted by Gasteiger charge is -2.18. The second-order valence-corrected chi connectivity index (χ2v) is 19.2. The zero-order valence-electron chi connectivity index (χ0n) is 44.9. The predicted molar refractivity (Wildman–Crippen MR) is 293 cm³/mol. The molecule has 6 heteroatoms. The summed E-state index contributed by atoms with van der Waals surface area (Å²) >= 11 is 0. The van der Waals surface area contributed by atoms with Gasteiger partial charge in [-0.3, -0.25) is 14.4 Å². The van der Waals surface area contributed by atoms with Gasteiger partial charge in [-0.2, -0.15) is 0 Å². The van der Waals surface area contributed by atoms with Crippen molar-refractivity contribution >= 4 is 17.9 Å². The van der Waals surface area contributed by atoms with Crippen LogP contribution in [0.1, 0.15) is 284 Å². The van der Waals surface area contributed by atoms with Crippen molar-refractivity contribution < 1.29 is 28.6 Å². The van der Waals surface area contributed by atoms with Gasteiger partial charge >= 0.3 is 17.9 Å². The van der Waals surface area contributed by atoms with E-state index in [1.807, 2.05) is 0 Å². The summed E-state index contributed by atoms with van der Waals surface area (Å²) in [5.74, 6) is -0.928. The van der Waals surface area contributed by atoms with Crippen LogP contribution in [0.3, 0.4) is 0 Å². The van der Waals surface area contributed by atoms with E-state index in [9.17, 15) is 14.4 Å². The Bertz CT molecular complexity index is 1270. The van der Waals surface area contributed by atoms with Crippen LogP contribution in [0.15, 0.2) is 72.9 Å². The van der Waals surface area contributed by atoms with Gasteiger partial charge in [0.15, 0.2) is 6.10 Å². The van der Waals surface area contributed by atoms with E-state index in [-0.39, 0.29) is 31.1 Å². The highest BCUT2D eigenvalue weighted by molar-refractivity contribution is 5.71. The van der Waals surface area contributed by atoms with E-state index in [0.29, 0.717) is 19.3 Å². The molecular formula is C62H108O6. The number of esters is 3. The summed E-state index contributed by atoms with van der Waals surface area (Å²) in [5, 5.41) is 0. The first-order valence-electron chi connectivity index (χ1n) is 28.9. The SMILES string of the molecule is CC/C=C\C/C=C\C/C=C\C/C=C\C/C=C\CCCCCC(=O)OCC(COC(=O)CCCCC/C=C\CCCCCCCCC)OC(=O)CCCCCCCCCCCCCCCCCCC. The molecule has 0 fully saturated rings. The largest absolute Gasteiger partial charge is 0.462 e. The van der Waals surface area contributed by atoms with Gasteiger partial charge in [0.1, 0.15) is 13.2 Å². The van der Waals surface area contributed by atoms with Crippen LogP contribution in [0.5, 0.6) is 0 Å². The molecule has 0 heterocycles. The molecule has 0 saturated carbocycles. The fraction of sp³-hybridized carbons (Fsp3) is 0.758. The second kappa shape index (κ2) is 56.4. The average molecular weight is 950 g/mol. The number of hydrogen-bond donors (Lipinski definition) is 0. The van der Waals surface area contributed by atoms with Crippen molar-refractivity contribution in [1.29, 1.82) is 0 Å². The van der Waals surface area contributed by atoms with E-state index < -0.39 is 6.10 Å². The molecule has 0 saturated heterocycles. The van der Waals surface area contributed by atoms with Crippen LogP contribution < -0.4 is 0 Å². The van der Waals surface area contributed by atoms with Gasteiger partial charge in [-0.1, -0.05) is 248 Å². The Morgan fingerprint density at radius 1 is 0.309 bits per heavy atom. The standard InChI is InChI=1S/C62H108O6/c1-4-7-10-13-16-19-22-25-28-30-31-33-34-37-40-43-46-49-52-55-61(64)67-58-59(57-66-60(63)54-51-48-45-42-39-36-27-24-21-18-15-12-9-6-3)68-62(65)56-53-50-47-44-41-38-35-32-29-26-23-20-17-14-11-8-5-2/h7,10,16,19,25,28,31,33,36-37,39-40,59H,4-6,8-9,11-15,17-18,20-24,26-27,29-30,32,34-35,38,41-58H2,1-3H3/b10-7-,19-16-,28-25-,33-31-,39-36-,40-37-. The molecule has 0 bridgehead atoms. The number of carbonyl (C=O) groups is 3. The fourth-order valence-electron chi connectivity index (χ4n) is 8.11. The van der Waals surface area contributed by atoms with Crippen LogP contribution in [0.2, 0.25) is 0 Å². The summed E-state index contributed by atoms with van der Waals surface area (Å²) in [6.07, 6.45) is 71.8. The summed E-state index contributed by atoms with van der Waals surface area (Å²) in [6, 6.07) is 0. The van der Waals surface area contributed by atoms with E-state index in [4.69, 9.17) is 14.2 Å². The third-order valence-electron chi connectivity index (χ3n) is 12.4. The van der Waals surface area contributed by atoms with Crippen LogP contribution >= 0.6 is 0 Å². The van der Waals surface area contributed by atoms with Crippen LogP contribution in [0, 0.1) is 0 Å². The first kappa shape index (κ1) is 64.8. The molecule has 0 aromatic rings. The quantitative estimate of drug-likeness (QED) is 0.0262. The van der Waals surface area contributed by atoms with Crippen molar-refractivity contribution in [3.8, 4) is 0 Å². The van der Waals surface area contributed by atoms with Gasteiger partial charge in [0, 0.05) is 19.3 Å². The highest BCUT2D eigenvalue weighted by Crippen LogP contribution is 2.16. The normalized spacial score (nSPS) is 12.6. The average Bonchev–Trinajstić information content (AvgIpc) is 3.34. The van der Waals surface area contributed by atoms with Crippen molar-refractivity contribution in [1.82, 2.24) is 0 Å². The van der Waals surface area contributed by atoms with Gasteiger partial charge in [-0.25, -0.2) is 0 Å². The van der Waals surface area contributed by atoms with E-state index in [1.54, 1.807) is 0 Å². The first-order chi connectivity index (χ1) is 33.5. The van der Waals surface area contributed by atoms with Crippen molar-refractivity contribution in [2.75, 3.05) is 13.2 Å². The van der Waals surface area contributed by atoms with E-state index in [1.165, 1.54) is 135 Å². The van der Waals surface area contributed by atoms with Gasteiger partial charge in [0.05, 0.1) is 0 Å². The van der Waals surface area contributed by atoms with E-state index >= 15 is 0 Å². The molecule has 0 aromatic heterocycles. The molecule has 6 nitrogen and oxygen atoms in total. The topological polar surface area (TPSA) is 78.9 Å². The molecule has 0 radical (unpaired) electrons. The Labute approximate surface area is 421 Å². The fourth-order valence-corrected chi connectivity index (χ4v) is 8.11. The van der Waals surface area contributed by atoms with Crippen molar-refractivity contribution in [2.45, 2.75) is 290 Å². The Kier molecular flexibility index (Phi) is 53.8. The van der Waals surface area contributed by atoms with Gasteiger partial charge < -0.3 is 14.2 Å². The van der Waals surface area contributed by atoms with Gasteiger partial charge in [0.25, 0.3) is 0 Å². The maximum absolute atomic E-state index is 12.9. The third-order valence-corrected chi connectivity index (χ3v) is 12.4. The molecule has 0 spiro atoms. The van der Waals surface area contributed by atoms with Gasteiger partial charge in [-0.05, 0) is 89.9 Å². The van der Waals surface area contributed by atoms with Crippen molar-refractivity contribution in [2.24, 2.45) is 0 Å². The molecule has 0 N–H and O–H groups in total. The highest BCUT2D eigenvalue weighted by atomic mass is 16.6. The second-order valence-electron chi connectivity index (χ2n) is 19.2. The van der Waals surface area contributed by atoms with Gasteiger partial charge in [-0.15, -0.1) is 0 Å². The Hall–Kier alpha value is -3.15. The van der Waals surface area contributed by atoms with E-state index in [2.05, 4.69) is 93.7 Å². The van der Waals surface area contributed by atoms with Crippen molar-refractivity contribution in [3.63, 3.8) is 0 Å². The lowest BCUT2D eigenvalue weighted by molar-refractivity contribution is -0.167. The third kappa shape index (κ3) is 53.8. The van der Waals surface area contributed by atoms with Crippen LogP contribution in [0.25, 0.3) is 0 Å². The molecule has 68 heavy (non-hydrogen) atoms. The summed E-state index contributed by atoms with van der Waals surface area (Å²) < 4.78 is 16.8. The number of allylic oxidation sites excluding steroid dienone is 12. The molecule has 0 aliphatic carbocycles. The predicted octanol–water partition coefficient (Wildman–Crippen LogP) is 19.4. The summed E-state index contributed by atoms with van der Waals surface area (Å²) in [6.45, 7) is 6.51. The maximum atomic E-state index is 12.9. The molecule has 1 atom stereocenters. The van der Waals surface area contributed by atoms with E-state index in [0.717, 1.165) is 109 Å². The van der Waals surface area contributed by atoms with Crippen molar-refractivity contribution in [3.05, 3.63) is 72.9 Å². The molecule has 0 aliphatic heterocycles. The Morgan fingerprint density at radius 2 is 0.574 bits per heavy atom. The lowest BCUT2D eigenvalue weighted by Crippen LogP contribution is -2.30. The minimum Gasteiger partial charge on any atom is -0.462 e. The lowest BCUT2D eigenvalue weighted by atomic mass is 10.0. The number of hydrogen-bond acceptors (Lipinski definition) is 6. The van der Waals surface area contributed by atoms with Crippen LogP contribution in [0.4, 0.5) is 0 Å². The Balaban J connectivity index is 4.43. The summed E-state index contributed by atoms with van der Waals surface area (Å²) in [4.78, 5) is 38.1. The number of rotatable bonds is 52. The maximum Gasteiger partial charge on any atom is 0.306 e.